The molecule has 0 spiro atoms. The number of aromatic nitrogens is 2. The van der Waals surface area contributed by atoms with Gasteiger partial charge in [-0.1, -0.05) is 42.5 Å². The molecule has 0 amide bonds. The highest BCUT2D eigenvalue weighted by atomic mass is 19.1. The molecule has 21 heavy (non-hydrogen) atoms. The number of nitrogens with one attached hydrogen (secondary N) is 1. The normalized spacial score (nSPS) is 10.4. The Kier molecular flexibility index (Phi) is 3.60. The van der Waals surface area contributed by atoms with Gasteiger partial charge in [-0.3, -0.25) is 0 Å². The second-order valence-electron chi connectivity index (χ2n) is 4.59. The lowest BCUT2D eigenvalue weighted by Crippen LogP contribution is -1.98. The van der Waals surface area contributed by atoms with E-state index in [0.717, 1.165) is 11.1 Å². The minimum atomic E-state index is -0.279. The molecule has 0 saturated carbocycles. The van der Waals surface area contributed by atoms with Crippen LogP contribution in [0.25, 0.3) is 22.6 Å². The zero-order valence-corrected chi connectivity index (χ0v) is 11.5. The third-order valence-corrected chi connectivity index (χ3v) is 3.13. The summed E-state index contributed by atoms with van der Waals surface area (Å²) in [5.41, 5.74) is 2.34. The number of benzene rings is 2. The third kappa shape index (κ3) is 2.89. The van der Waals surface area contributed by atoms with Crippen molar-refractivity contribution in [3.8, 4) is 22.6 Å². The molecule has 0 unspecified atom stereocenters. The van der Waals surface area contributed by atoms with Gasteiger partial charge in [0.25, 0.3) is 0 Å². The molecular weight excluding hydrogens is 265 g/mol. The number of rotatable bonds is 3. The quantitative estimate of drug-likeness (QED) is 0.787. The molecule has 104 valence electrons. The van der Waals surface area contributed by atoms with Gasteiger partial charge in [-0.25, -0.2) is 14.4 Å². The van der Waals surface area contributed by atoms with Crippen LogP contribution < -0.4 is 5.32 Å². The fraction of sp³-hybridized carbons (Fsp3) is 0.0588. The van der Waals surface area contributed by atoms with Crippen LogP contribution in [0.2, 0.25) is 0 Å². The first kappa shape index (κ1) is 13.2. The van der Waals surface area contributed by atoms with Crippen molar-refractivity contribution in [2.24, 2.45) is 0 Å². The van der Waals surface area contributed by atoms with Crippen LogP contribution in [0.15, 0.2) is 60.7 Å². The summed E-state index contributed by atoms with van der Waals surface area (Å²) in [6, 6.07) is 17.9. The first-order valence-electron chi connectivity index (χ1n) is 6.64. The van der Waals surface area contributed by atoms with E-state index >= 15 is 0 Å². The average molecular weight is 279 g/mol. The number of hydrogen-bond acceptors (Lipinski definition) is 3. The van der Waals surface area contributed by atoms with Gasteiger partial charge in [0.2, 0.25) is 0 Å². The molecule has 0 aliphatic carbocycles. The minimum Gasteiger partial charge on any atom is -0.373 e. The molecule has 0 saturated heterocycles. The van der Waals surface area contributed by atoms with Gasteiger partial charge >= 0.3 is 0 Å². The molecule has 3 nitrogen and oxygen atoms in total. The van der Waals surface area contributed by atoms with E-state index in [1.165, 1.54) is 12.1 Å². The van der Waals surface area contributed by atoms with Crippen molar-refractivity contribution in [1.29, 1.82) is 0 Å². The van der Waals surface area contributed by atoms with Crippen LogP contribution in [0.3, 0.4) is 0 Å². The average Bonchev–Trinajstić information content (AvgIpc) is 2.55. The lowest BCUT2D eigenvalue weighted by molar-refractivity contribution is 0.628. The van der Waals surface area contributed by atoms with Crippen LogP contribution in [0.5, 0.6) is 0 Å². The first-order valence-corrected chi connectivity index (χ1v) is 6.64. The van der Waals surface area contributed by atoms with Crippen molar-refractivity contribution >= 4 is 5.82 Å². The molecule has 2 aromatic carbocycles. The minimum absolute atomic E-state index is 0.279. The molecular formula is C17H14FN3. The molecule has 1 aromatic heterocycles. The van der Waals surface area contributed by atoms with E-state index in [9.17, 15) is 4.39 Å². The van der Waals surface area contributed by atoms with Crippen LogP contribution in [-0.4, -0.2) is 17.0 Å². The Morgan fingerprint density at radius 1 is 0.857 bits per heavy atom. The molecule has 1 heterocycles. The summed E-state index contributed by atoms with van der Waals surface area (Å²) in [6.45, 7) is 0. The summed E-state index contributed by atoms with van der Waals surface area (Å²) in [5, 5.41) is 3.02. The topological polar surface area (TPSA) is 37.8 Å². The Morgan fingerprint density at radius 3 is 2.33 bits per heavy atom. The van der Waals surface area contributed by atoms with Gasteiger partial charge in [-0.05, 0) is 12.1 Å². The highest BCUT2D eigenvalue weighted by Crippen LogP contribution is 2.24. The van der Waals surface area contributed by atoms with Crippen molar-refractivity contribution in [2.45, 2.75) is 0 Å². The van der Waals surface area contributed by atoms with Crippen molar-refractivity contribution in [2.75, 3.05) is 12.4 Å². The maximum atomic E-state index is 13.4. The second kappa shape index (κ2) is 5.71. The Balaban J connectivity index is 2.14. The fourth-order valence-corrected chi connectivity index (χ4v) is 2.09. The Hall–Kier alpha value is -2.75. The monoisotopic (exact) mass is 279 g/mol. The zero-order chi connectivity index (χ0) is 14.7. The van der Waals surface area contributed by atoms with E-state index in [0.29, 0.717) is 17.3 Å². The van der Waals surface area contributed by atoms with E-state index in [1.807, 2.05) is 36.4 Å². The maximum absolute atomic E-state index is 13.4. The Bertz CT molecular complexity index is 757. The number of anilines is 1. The second-order valence-corrected chi connectivity index (χ2v) is 4.59. The van der Waals surface area contributed by atoms with Gasteiger partial charge in [0.05, 0.1) is 5.69 Å². The summed E-state index contributed by atoms with van der Waals surface area (Å²) in [5.74, 6) is 1.03. The standard InChI is InChI=1S/C17H14FN3/c1-19-16-11-15(13-8-5-9-14(18)10-13)20-17(21-16)12-6-3-2-4-7-12/h2-11H,1H3,(H,19,20,21). The summed E-state index contributed by atoms with van der Waals surface area (Å²) < 4.78 is 13.4. The smallest absolute Gasteiger partial charge is 0.162 e. The van der Waals surface area contributed by atoms with Gasteiger partial charge in [0, 0.05) is 24.2 Å². The number of hydrogen-bond donors (Lipinski definition) is 1. The highest BCUT2D eigenvalue weighted by molar-refractivity contribution is 5.67. The lowest BCUT2D eigenvalue weighted by Gasteiger charge is -2.08. The fourth-order valence-electron chi connectivity index (χ4n) is 2.09. The molecule has 3 aromatic rings. The summed E-state index contributed by atoms with van der Waals surface area (Å²) >= 11 is 0. The van der Waals surface area contributed by atoms with E-state index in [1.54, 1.807) is 19.2 Å². The van der Waals surface area contributed by atoms with Gasteiger partial charge < -0.3 is 5.32 Å². The number of nitrogens with zero attached hydrogens (tertiary/aromatic N) is 2. The molecule has 1 N–H and O–H groups in total. The molecule has 0 aliphatic heterocycles. The summed E-state index contributed by atoms with van der Waals surface area (Å²) in [4.78, 5) is 9.00. The maximum Gasteiger partial charge on any atom is 0.162 e. The Labute approximate surface area is 122 Å². The predicted octanol–water partition coefficient (Wildman–Crippen LogP) is 3.99. The van der Waals surface area contributed by atoms with Crippen LogP contribution in [0, 0.1) is 5.82 Å². The SMILES string of the molecule is CNc1cc(-c2cccc(F)c2)nc(-c2ccccc2)n1. The molecule has 0 radical (unpaired) electrons. The predicted molar refractivity (Wildman–Crippen MR) is 82.4 cm³/mol. The van der Waals surface area contributed by atoms with Crippen molar-refractivity contribution in [3.63, 3.8) is 0 Å². The largest absolute Gasteiger partial charge is 0.373 e. The van der Waals surface area contributed by atoms with E-state index in [2.05, 4.69) is 15.3 Å². The Morgan fingerprint density at radius 2 is 1.62 bits per heavy atom. The summed E-state index contributed by atoms with van der Waals surface area (Å²) in [6.07, 6.45) is 0. The molecule has 0 bridgehead atoms. The van der Waals surface area contributed by atoms with Crippen molar-refractivity contribution in [3.05, 3.63) is 66.5 Å². The molecule has 3 rings (SSSR count). The lowest BCUT2D eigenvalue weighted by atomic mass is 10.1. The van der Waals surface area contributed by atoms with Gasteiger partial charge in [-0.2, -0.15) is 0 Å². The third-order valence-electron chi connectivity index (χ3n) is 3.13. The van der Waals surface area contributed by atoms with E-state index in [-0.39, 0.29) is 5.82 Å². The highest BCUT2D eigenvalue weighted by Gasteiger charge is 2.08. The van der Waals surface area contributed by atoms with E-state index < -0.39 is 0 Å². The van der Waals surface area contributed by atoms with Crippen LogP contribution in [-0.2, 0) is 0 Å². The van der Waals surface area contributed by atoms with Gasteiger partial charge in [0.15, 0.2) is 5.82 Å². The first-order chi connectivity index (χ1) is 10.3. The van der Waals surface area contributed by atoms with Crippen molar-refractivity contribution < 1.29 is 4.39 Å². The number of halogens is 1. The van der Waals surface area contributed by atoms with Crippen molar-refractivity contribution in [1.82, 2.24) is 9.97 Å². The van der Waals surface area contributed by atoms with Crippen LogP contribution in [0.4, 0.5) is 10.2 Å². The molecule has 0 atom stereocenters. The van der Waals surface area contributed by atoms with Gasteiger partial charge in [0.1, 0.15) is 11.6 Å². The van der Waals surface area contributed by atoms with E-state index in [4.69, 9.17) is 0 Å². The molecule has 0 fully saturated rings. The summed E-state index contributed by atoms with van der Waals surface area (Å²) in [7, 11) is 1.80. The van der Waals surface area contributed by atoms with Gasteiger partial charge in [-0.15, -0.1) is 0 Å². The van der Waals surface area contributed by atoms with Crippen LogP contribution >= 0.6 is 0 Å². The van der Waals surface area contributed by atoms with Crippen LogP contribution in [0.1, 0.15) is 0 Å². The molecule has 0 aliphatic rings. The zero-order valence-electron chi connectivity index (χ0n) is 11.5. The molecule has 4 heteroatoms.